The first-order valence-electron chi connectivity index (χ1n) is 5.94. The number of aromatic nitrogens is 1. The number of nitrogens with zero attached hydrogens (tertiary/aromatic N) is 1. The molecule has 0 radical (unpaired) electrons. The van der Waals surface area contributed by atoms with Crippen LogP contribution < -0.4 is 10.5 Å². The molecule has 3 nitrogen and oxygen atoms in total. The van der Waals surface area contributed by atoms with Crippen LogP contribution in [-0.2, 0) is 0 Å². The molecule has 1 heterocycles. The molecule has 1 aromatic carbocycles. The predicted octanol–water partition coefficient (Wildman–Crippen LogP) is 4.08. The van der Waals surface area contributed by atoms with Crippen LogP contribution in [0, 0.1) is 5.82 Å². The normalized spacial score (nSPS) is 12.2. The summed E-state index contributed by atoms with van der Waals surface area (Å²) in [5.41, 5.74) is 6.68. The van der Waals surface area contributed by atoms with Crippen LogP contribution >= 0.6 is 11.6 Å². The molecule has 0 amide bonds. The summed E-state index contributed by atoms with van der Waals surface area (Å²) in [7, 11) is 0. The van der Waals surface area contributed by atoms with Gasteiger partial charge in [0.05, 0.1) is 16.9 Å². The Labute approximate surface area is 116 Å². The minimum absolute atomic E-state index is 0.0232. The van der Waals surface area contributed by atoms with E-state index >= 15 is 0 Å². The van der Waals surface area contributed by atoms with Crippen molar-refractivity contribution in [2.75, 3.05) is 0 Å². The SMILES string of the molecule is CC[C@H](N)c1ccc(Oc2ccc(F)c(Cl)c2)cn1. The van der Waals surface area contributed by atoms with E-state index in [2.05, 4.69) is 4.98 Å². The van der Waals surface area contributed by atoms with Crippen LogP contribution in [0.2, 0.25) is 5.02 Å². The van der Waals surface area contributed by atoms with Crippen molar-refractivity contribution in [3.05, 3.63) is 53.1 Å². The number of pyridine rings is 1. The molecule has 5 heteroatoms. The molecule has 100 valence electrons. The molecule has 1 atom stereocenters. The summed E-state index contributed by atoms with van der Waals surface area (Å²) in [4.78, 5) is 4.23. The number of hydrogen-bond acceptors (Lipinski definition) is 3. The Morgan fingerprint density at radius 2 is 2.05 bits per heavy atom. The fraction of sp³-hybridized carbons (Fsp3) is 0.214. The highest BCUT2D eigenvalue weighted by atomic mass is 35.5. The van der Waals surface area contributed by atoms with E-state index in [0.717, 1.165) is 12.1 Å². The zero-order valence-electron chi connectivity index (χ0n) is 10.4. The number of ether oxygens (including phenoxy) is 1. The van der Waals surface area contributed by atoms with E-state index in [1.807, 2.05) is 13.0 Å². The summed E-state index contributed by atoms with van der Waals surface area (Å²) in [5.74, 6) is 0.534. The van der Waals surface area contributed by atoms with Crippen molar-refractivity contribution in [1.82, 2.24) is 4.98 Å². The summed E-state index contributed by atoms with van der Waals surface area (Å²) in [6.07, 6.45) is 2.41. The summed E-state index contributed by atoms with van der Waals surface area (Å²) < 4.78 is 18.5. The second-order valence-corrected chi connectivity index (χ2v) is 4.52. The Balaban J connectivity index is 2.12. The number of halogens is 2. The van der Waals surface area contributed by atoms with Gasteiger partial charge in [0, 0.05) is 12.1 Å². The van der Waals surface area contributed by atoms with Crippen LogP contribution in [0.1, 0.15) is 25.1 Å². The van der Waals surface area contributed by atoms with E-state index in [-0.39, 0.29) is 11.1 Å². The van der Waals surface area contributed by atoms with Gasteiger partial charge in [-0.25, -0.2) is 4.39 Å². The maximum absolute atomic E-state index is 13.0. The van der Waals surface area contributed by atoms with Crippen LogP contribution in [0.4, 0.5) is 4.39 Å². The largest absolute Gasteiger partial charge is 0.456 e. The monoisotopic (exact) mass is 280 g/mol. The molecule has 0 aliphatic heterocycles. The molecule has 0 spiro atoms. The first kappa shape index (κ1) is 13.8. The van der Waals surface area contributed by atoms with Crippen LogP contribution in [0.5, 0.6) is 11.5 Å². The average molecular weight is 281 g/mol. The van der Waals surface area contributed by atoms with Crippen LogP contribution in [-0.4, -0.2) is 4.98 Å². The van der Waals surface area contributed by atoms with Crippen molar-refractivity contribution >= 4 is 11.6 Å². The maximum atomic E-state index is 13.0. The highest BCUT2D eigenvalue weighted by Gasteiger charge is 2.06. The molecular weight excluding hydrogens is 267 g/mol. The quantitative estimate of drug-likeness (QED) is 0.918. The van der Waals surface area contributed by atoms with Crippen LogP contribution in [0.3, 0.4) is 0 Å². The van der Waals surface area contributed by atoms with Gasteiger partial charge in [-0.1, -0.05) is 18.5 Å². The fourth-order valence-electron chi connectivity index (χ4n) is 1.56. The van der Waals surface area contributed by atoms with Crippen molar-refractivity contribution in [3.8, 4) is 11.5 Å². The topological polar surface area (TPSA) is 48.1 Å². The Kier molecular flexibility index (Phi) is 4.35. The van der Waals surface area contributed by atoms with Crippen molar-refractivity contribution < 1.29 is 9.13 Å². The lowest BCUT2D eigenvalue weighted by Crippen LogP contribution is -2.10. The van der Waals surface area contributed by atoms with Gasteiger partial charge in [0.1, 0.15) is 17.3 Å². The van der Waals surface area contributed by atoms with Crippen LogP contribution in [0.25, 0.3) is 0 Å². The third kappa shape index (κ3) is 3.43. The molecule has 0 aliphatic carbocycles. The molecule has 0 unspecified atom stereocenters. The first-order chi connectivity index (χ1) is 9.10. The van der Waals surface area contributed by atoms with Gasteiger partial charge in [-0.15, -0.1) is 0 Å². The van der Waals surface area contributed by atoms with E-state index in [4.69, 9.17) is 22.1 Å². The molecule has 2 rings (SSSR count). The molecule has 19 heavy (non-hydrogen) atoms. The van der Waals surface area contributed by atoms with Gasteiger partial charge in [0.25, 0.3) is 0 Å². The molecule has 0 fully saturated rings. The van der Waals surface area contributed by atoms with Gasteiger partial charge in [-0.3, -0.25) is 4.98 Å². The van der Waals surface area contributed by atoms with Gasteiger partial charge in [0.15, 0.2) is 0 Å². The molecule has 0 saturated heterocycles. The number of benzene rings is 1. The minimum Gasteiger partial charge on any atom is -0.456 e. The van der Waals surface area contributed by atoms with Crippen molar-refractivity contribution in [2.24, 2.45) is 5.73 Å². The van der Waals surface area contributed by atoms with E-state index < -0.39 is 5.82 Å². The molecule has 0 bridgehead atoms. The zero-order chi connectivity index (χ0) is 13.8. The van der Waals surface area contributed by atoms with Crippen molar-refractivity contribution in [3.63, 3.8) is 0 Å². The van der Waals surface area contributed by atoms with Crippen molar-refractivity contribution in [1.29, 1.82) is 0 Å². The van der Waals surface area contributed by atoms with Crippen molar-refractivity contribution in [2.45, 2.75) is 19.4 Å². The van der Waals surface area contributed by atoms with E-state index in [1.165, 1.54) is 18.2 Å². The third-order valence-corrected chi connectivity index (χ3v) is 3.00. The third-order valence-electron chi connectivity index (χ3n) is 2.71. The summed E-state index contributed by atoms with van der Waals surface area (Å²) in [6, 6.07) is 7.69. The lowest BCUT2D eigenvalue weighted by atomic mass is 10.1. The van der Waals surface area contributed by atoms with E-state index in [0.29, 0.717) is 11.5 Å². The van der Waals surface area contributed by atoms with Gasteiger partial charge < -0.3 is 10.5 Å². The highest BCUT2D eigenvalue weighted by molar-refractivity contribution is 6.30. The Bertz CT molecular complexity index is 560. The van der Waals surface area contributed by atoms with Crippen LogP contribution in [0.15, 0.2) is 36.5 Å². The highest BCUT2D eigenvalue weighted by Crippen LogP contribution is 2.26. The van der Waals surface area contributed by atoms with Gasteiger partial charge in [0.2, 0.25) is 0 Å². The molecule has 2 N–H and O–H groups in total. The fourth-order valence-corrected chi connectivity index (χ4v) is 1.73. The number of nitrogens with two attached hydrogens (primary N) is 1. The Morgan fingerprint density at radius 3 is 2.63 bits per heavy atom. The molecule has 0 saturated carbocycles. The number of rotatable bonds is 4. The van der Waals surface area contributed by atoms with E-state index in [9.17, 15) is 4.39 Å². The Morgan fingerprint density at radius 1 is 1.32 bits per heavy atom. The maximum Gasteiger partial charge on any atom is 0.145 e. The molecular formula is C14H14ClFN2O. The standard InChI is InChI=1S/C14H14ClFN2O/c1-2-13(17)14-6-4-10(8-18-14)19-9-3-5-12(16)11(15)7-9/h3-8,13H,2,17H2,1H3/t13-/m0/s1. The lowest BCUT2D eigenvalue weighted by molar-refractivity contribution is 0.477. The number of hydrogen-bond donors (Lipinski definition) is 1. The van der Waals surface area contributed by atoms with Gasteiger partial charge in [-0.05, 0) is 30.7 Å². The Hall–Kier alpha value is -1.65. The smallest absolute Gasteiger partial charge is 0.145 e. The van der Waals surface area contributed by atoms with Gasteiger partial charge >= 0.3 is 0 Å². The first-order valence-corrected chi connectivity index (χ1v) is 6.32. The predicted molar refractivity (Wildman–Crippen MR) is 72.9 cm³/mol. The molecule has 1 aromatic heterocycles. The summed E-state index contributed by atoms with van der Waals surface area (Å²) >= 11 is 5.68. The average Bonchev–Trinajstić information content (AvgIpc) is 2.43. The molecule has 2 aromatic rings. The van der Waals surface area contributed by atoms with E-state index in [1.54, 1.807) is 12.3 Å². The zero-order valence-corrected chi connectivity index (χ0v) is 11.2. The summed E-state index contributed by atoms with van der Waals surface area (Å²) in [6.45, 7) is 2.00. The second kappa shape index (κ2) is 5.99. The second-order valence-electron chi connectivity index (χ2n) is 4.11. The summed E-state index contributed by atoms with van der Waals surface area (Å²) in [5, 5.41) is 0.0232. The molecule has 0 aliphatic rings. The minimum atomic E-state index is -0.476. The van der Waals surface area contributed by atoms with Gasteiger partial charge in [-0.2, -0.15) is 0 Å². The lowest BCUT2D eigenvalue weighted by Gasteiger charge is -2.10.